The van der Waals surface area contributed by atoms with E-state index in [1.54, 1.807) is 6.07 Å². The molecule has 1 rings (SSSR count). The van der Waals surface area contributed by atoms with Crippen molar-refractivity contribution in [2.45, 2.75) is 38.6 Å². The van der Waals surface area contributed by atoms with E-state index in [0.717, 1.165) is 5.56 Å². The molecule has 0 fully saturated rings. The van der Waals surface area contributed by atoms with Gasteiger partial charge in [0, 0.05) is 5.56 Å². The number of methoxy groups -OCH3 is 1. The highest BCUT2D eigenvalue weighted by Gasteiger charge is 2.37. The van der Waals surface area contributed by atoms with Gasteiger partial charge in [-0.15, -0.1) is 0 Å². The van der Waals surface area contributed by atoms with Crippen LogP contribution in [0.4, 0.5) is 0 Å². The minimum Gasteiger partial charge on any atom is -0.496 e. The molecule has 1 aromatic carbocycles. The zero-order chi connectivity index (χ0) is 14.8. The third kappa shape index (κ3) is 2.88. The van der Waals surface area contributed by atoms with E-state index in [9.17, 15) is 9.90 Å². The van der Waals surface area contributed by atoms with Crippen molar-refractivity contribution in [3.8, 4) is 5.75 Å². The minimum absolute atomic E-state index is 0.0883. The molecule has 4 N–H and O–H groups in total. The molecular weight excluding hydrogens is 244 g/mol. The van der Waals surface area contributed by atoms with Gasteiger partial charge in [-0.05, 0) is 30.0 Å². The van der Waals surface area contributed by atoms with E-state index < -0.39 is 11.5 Å². The van der Waals surface area contributed by atoms with Crippen LogP contribution < -0.4 is 16.0 Å². The van der Waals surface area contributed by atoms with Gasteiger partial charge in [0.2, 0.25) is 0 Å². The zero-order valence-corrected chi connectivity index (χ0v) is 12.1. The molecule has 0 saturated carbocycles. The second kappa shape index (κ2) is 5.19. The lowest BCUT2D eigenvalue weighted by Crippen LogP contribution is -2.50. The van der Waals surface area contributed by atoms with Gasteiger partial charge in [0.15, 0.2) is 5.54 Å². The number of hydrogen-bond donors (Lipinski definition) is 3. The number of ether oxygens (including phenoxy) is 1. The molecule has 0 aliphatic carbocycles. The van der Waals surface area contributed by atoms with E-state index in [2.05, 4.69) is 26.2 Å². The largest absolute Gasteiger partial charge is 0.496 e. The highest BCUT2D eigenvalue weighted by Crippen LogP contribution is 2.34. The van der Waals surface area contributed by atoms with Gasteiger partial charge in [0.05, 0.1) is 7.11 Å². The van der Waals surface area contributed by atoms with Crippen molar-refractivity contribution >= 4 is 5.97 Å². The van der Waals surface area contributed by atoms with Crippen molar-refractivity contribution in [2.24, 2.45) is 5.84 Å². The summed E-state index contributed by atoms with van der Waals surface area (Å²) in [5, 5.41) is 9.40. The zero-order valence-electron chi connectivity index (χ0n) is 12.1. The van der Waals surface area contributed by atoms with Gasteiger partial charge in [-0.2, -0.15) is 0 Å². The lowest BCUT2D eigenvalue weighted by atomic mass is 9.82. The third-order valence-corrected chi connectivity index (χ3v) is 3.32. The normalized spacial score (nSPS) is 14.8. The van der Waals surface area contributed by atoms with Gasteiger partial charge in [0.25, 0.3) is 0 Å². The number of carboxylic acids is 1. The monoisotopic (exact) mass is 266 g/mol. The van der Waals surface area contributed by atoms with E-state index in [1.165, 1.54) is 14.0 Å². The second-order valence-electron chi connectivity index (χ2n) is 5.74. The predicted octanol–water partition coefficient (Wildman–Crippen LogP) is 1.76. The molecule has 0 radical (unpaired) electrons. The molecule has 1 aromatic rings. The average molecular weight is 266 g/mol. The number of aliphatic carboxylic acids is 1. The highest BCUT2D eigenvalue weighted by atomic mass is 16.5. The maximum atomic E-state index is 11.5. The van der Waals surface area contributed by atoms with E-state index in [4.69, 9.17) is 10.6 Å². The molecule has 106 valence electrons. The Morgan fingerprint density at radius 3 is 2.26 bits per heavy atom. The molecule has 19 heavy (non-hydrogen) atoms. The summed E-state index contributed by atoms with van der Waals surface area (Å²) >= 11 is 0. The molecule has 0 saturated heterocycles. The molecule has 0 spiro atoms. The third-order valence-electron chi connectivity index (χ3n) is 3.32. The first-order chi connectivity index (χ1) is 8.66. The molecule has 0 amide bonds. The van der Waals surface area contributed by atoms with Gasteiger partial charge in [-0.1, -0.05) is 26.8 Å². The summed E-state index contributed by atoms with van der Waals surface area (Å²) in [6.45, 7) is 7.70. The Bertz CT molecular complexity index is 480. The fourth-order valence-electron chi connectivity index (χ4n) is 1.82. The molecule has 5 heteroatoms. The molecule has 0 bridgehead atoms. The first-order valence-electron chi connectivity index (χ1n) is 6.07. The number of nitrogens with one attached hydrogen (secondary N) is 1. The van der Waals surface area contributed by atoms with Crippen molar-refractivity contribution in [1.29, 1.82) is 0 Å². The Morgan fingerprint density at radius 1 is 1.32 bits per heavy atom. The van der Waals surface area contributed by atoms with Gasteiger partial charge in [-0.3, -0.25) is 5.84 Å². The molecule has 1 atom stereocenters. The fraction of sp³-hybridized carbons (Fsp3) is 0.500. The van der Waals surface area contributed by atoms with Crippen LogP contribution in [0, 0.1) is 0 Å². The molecule has 0 aliphatic rings. The van der Waals surface area contributed by atoms with Crippen molar-refractivity contribution in [2.75, 3.05) is 7.11 Å². The van der Waals surface area contributed by atoms with Crippen LogP contribution in [0.1, 0.15) is 38.8 Å². The number of hydrazine groups is 1. The average Bonchev–Trinajstić information content (AvgIpc) is 2.35. The topological polar surface area (TPSA) is 84.6 Å². The van der Waals surface area contributed by atoms with Crippen LogP contribution in [0.25, 0.3) is 0 Å². The number of carbonyl (C=O) groups is 1. The van der Waals surface area contributed by atoms with Crippen LogP contribution in [-0.4, -0.2) is 18.2 Å². The van der Waals surface area contributed by atoms with Crippen molar-refractivity contribution in [3.05, 3.63) is 29.3 Å². The molecular formula is C14H22N2O3. The van der Waals surface area contributed by atoms with Crippen LogP contribution in [0.3, 0.4) is 0 Å². The van der Waals surface area contributed by atoms with E-state index in [0.29, 0.717) is 11.3 Å². The van der Waals surface area contributed by atoms with Gasteiger partial charge in [0.1, 0.15) is 5.75 Å². The quantitative estimate of drug-likeness (QED) is 0.571. The van der Waals surface area contributed by atoms with Crippen LogP contribution >= 0.6 is 0 Å². The fourth-order valence-corrected chi connectivity index (χ4v) is 1.82. The Hall–Kier alpha value is -1.59. The van der Waals surface area contributed by atoms with Crippen molar-refractivity contribution in [3.63, 3.8) is 0 Å². The molecule has 5 nitrogen and oxygen atoms in total. The van der Waals surface area contributed by atoms with Gasteiger partial charge >= 0.3 is 5.97 Å². The first-order valence-corrected chi connectivity index (χ1v) is 6.07. The lowest BCUT2D eigenvalue weighted by molar-refractivity contribution is -0.144. The number of benzene rings is 1. The Balaban J connectivity index is 3.51. The first kappa shape index (κ1) is 15.5. The van der Waals surface area contributed by atoms with Crippen molar-refractivity contribution < 1.29 is 14.6 Å². The van der Waals surface area contributed by atoms with E-state index >= 15 is 0 Å². The smallest absolute Gasteiger partial charge is 0.329 e. The summed E-state index contributed by atoms with van der Waals surface area (Å²) in [6.07, 6.45) is 0. The van der Waals surface area contributed by atoms with Crippen molar-refractivity contribution in [1.82, 2.24) is 5.43 Å². The Kier molecular flexibility index (Phi) is 4.22. The molecule has 1 unspecified atom stereocenters. The summed E-state index contributed by atoms with van der Waals surface area (Å²) in [4.78, 5) is 11.5. The summed E-state index contributed by atoms with van der Waals surface area (Å²) in [5.74, 6) is 4.88. The number of carboxylic acid groups (broad SMARTS) is 1. The molecule has 0 heterocycles. The maximum Gasteiger partial charge on any atom is 0.329 e. The number of hydrogen-bond acceptors (Lipinski definition) is 4. The van der Waals surface area contributed by atoms with Gasteiger partial charge < -0.3 is 9.84 Å². The Morgan fingerprint density at radius 2 is 1.89 bits per heavy atom. The highest BCUT2D eigenvalue weighted by molar-refractivity contribution is 5.81. The summed E-state index contributed by atoms with van der Waals surface area (Å²) in [5.41, 5.74) is 2.41. The minimum atomic E-state index is -1.40. The summed E-state index contributed by atoms with van der Waals surface area (Å²) in [6, 6.07) is 5.53. The molecule has 0 aromatic heterocycles. The summed E-state index contributed by atoms with van der Waals surface area (Å²) in [7, 11) is 1.51. The predicted molar refractivity (Wildman–Crippen MR) is 74.0 cm³/mol. The molecule has 0 aliphatic heterocycles. The lowest BCUT2D eigenvalue weighted by Gasteiger charge is -2.28. The van der Waals surface area contributed by atoms with E-state index in [-0.39, 0.29) is 5.41 Å². The second-order valence-corrected chi connectivity index (χ2v) is 5.74. The standard InChI is InChI=1S/C14H22N2O3/c1-13(2,3)9-6-7-11(19-5)10(8-9)14(4,16-15)12(17)18/h6-8,16H,15H2,1-5H3,(H,17,18). The van der Waals surface area contributed by atoms with Gasteiger partial charge in [-0.25, -0.2) is 10.2 Å². The van der Waals surface area contributed by atoms with Crippen LogP contribution in [0.5, 0.6) is 5.75 Å². The van der Waals surface area contributed by atoms with E-state index in [1.807, 2.05) is 12.1 Å². The van der Waals surface area contributed by atoms with Crippen LogP contribution in [-0.2, 0) is 15.7 Å². The Labute approximate surface area is 113 Å². The number of nitrogens with two attached hydrogens (primary N) is 1. The van der Waals surface area contributed by atoms with Crippen LogP contribution in [0.15, 0.2) is 18.2 Å². The van der Waals surface area contributed by atoms with Crippen LogP contribution in [0.2, 0.25) is 0 Å². The summed E-state index contributed by atoms with van der Waals surface area (Å²) < 4.78 is 5.25. The SMILES string of the molecule is COc1ccc(C(C)(C)C)cc1C(C)(NN)C(=O)O. The maximum absolute atomic E-state index is 11.5. The number of rotatable bonds is 4.